The standard InChI is InChI=1S/C28H33N3O3/c1-17-4-7-19(8-5-17)31-16-26(29-30-31)28(33)13-11-23-21-9-6-18-14-24(32)25(34-3)15-22(18)20(21)10-12-27(23,28)2/h4-5,7-8,14-16,20-21,23,32-33H,6,9-13H2,1-3H3/t20-,21+,23-,27-,28+/m0/s1. The number of ether oxygens (including phenoxy) is 1. The number of hydrogen-bond donors (Lipinski definition) is 2. The smallest absolute Gasteiger partial charge is 0.160 e. The van der Waals surface area contributed by atoms with Crippen LogP contribution in [-0.4, -0.2) is 32.3 Å². The Kier molecular flexibility index (Phi) is 4.82. The molecular weight excluding hydrogens is 426 g/mol. The van der Waals surface area contributed by atoms with Crippen molar-refractivity contribution in [3.8, 4) is 17.2 Å². The highest BCUT2D eigenvalue weighted by Crippen LogP contribution is 2.67. The summed E-state index contributed by atoms with van der Waals surface area (Å²) in [7, 11) is 1.61. The van der Waals surface area contributed by atoms with Crippen LogP contribution in [0.15, 0.2) is 42.6 Å². The number of aryl methyl sites for hydroxylation is 2. The third-order valence-corrected chi connectivity index (χ3v) is 9.39. The van der Waals surface area contributed by atoms with Gasteiger partial charge in [-0.25, -0.2) is 4.68 Å². The molecule has 0 amide bonds. The maximum absolute atomic E-state index is 12.2. The molecule has 2 aromatic carbocycles. The molecule has 34 heavy (non-hydrogen) atoms. The fourth-order valence-electron chi connectivity index (χ4n) is 7.46. The third-order valence-electron chi connectivity index (χ3n) is 9.39. The number of aromatic hydroxyl groups is 1. The SMILES string of the molecule is COc1cc2c(cc1O)CC[C@@H]1[C@@H]2CC[C@@]2(C)[C@H]1CC[C@@]2(O)c1cn(-c2ccc(C)cc2)nn1. The zero-order valence-corrected chi connectivity index (χ0v) is 20.2. The second-order valence-electron chi connectivity index (χ2n) is 10.9. The number of aromatic nitrogens is 3. The summed E-state index contributed by atoms with van der Waals surface area (Å²) in [5, 5.41) is 31.3. The molecule has 3 aliphatic rings. The summed E-state index contributed by atoms with van der Waals surface area (Å²) >= 11 is 0. The van der Waals surface area contributed by atoms with Crippen molar-refractivity contribution in [1.82, 2.24) is 15.0 Å². The van der Waals surface area contributed by atoms with Gasteiger partial charge in [-0.1, -0.05) is 29.8 Å². The van der Waals surface area contributed by atoms with E-state index in [2.05, 4.69) is 42.4 Å². The van der Waals surface area contributed by atoms with Crippen LogP contribution in [-0.2, 0) is 12.0 Å². The molecule has 0 saturated heterocycles. The molecule has 3 aliphatic carbocycles. The van der Waals surface area contributed by atoms with Crippen molar-refractivity contribution in [2.45, 2.75) is 63.9 Å². The molecule has 0 radical (unpaired) electrons. The van der Waals surface area contributed by atoms with Gasteiger partial charge >= 0.3 is 0 Å². The van der Waals surface area contributed by atoms with Gasteiger partial charge in [0.25, 0.3) is 0 Å². The largest absolute Gasteiger partial charge is 0.504 e. The Hall–Kier alpha value is -2.86. The van der Waals surface area contributed by atoms with Crippen LogP contribution in [0.5, 0.6) is 11.5 Å². The molecule has 6 heteroatoms. The lowest BCUT2D eigenvalue weighted by Crippen LogP contribution is -2.49. The zero-order valence-electron chi connectivity index (χ0n) is 20.2. The van der Waals surface area contributed by atoms with Gasteiger partial charge in [0.1, 0.15) is 11.3 Å². The van der Waals surface area contributed by atoms with Crippen molar-refractivity contribution in [2.24, 2.45) is 17.3 Å². The van der Waals surface area contributed by atoms with Crippen LogP contribution < -0.4 is 4.74 Å². The first kappa shape index (κ1) is 21.7. The number of aliphatic hydroxyl groups is 1. The fourth-order valence-corrected chi connectivity index (χ4v) is 7.46. The number of fused-ring (bicyclic) bond motifs is 5. The minimum absolute atomic E-state index is 0.229. The van der Waals surface area contributed by atoms with E-state index in [9.17, 15) is 10.2 Å². The Morgan fingerprint density at radius 3 is 2.65 bits per heavy atom. The molecule has 0 bridgehead atoms. The molecule has 6 nitrogen and oxygen atoms in total. The lowest BCUT2D eigenvalue weighted by Gasteiger charge is -2.52. The summed E-state index contributed by atoms with van der Waals surface area (Å²) in [4.78, 5) is 0. The number of benzene rings is 2. The van der Waals surface area contributed by atoms with Gasteiger partial charge in [0, 0.05) is 5.41 Å². The molecule has 2 fully saturated rings. The molecule has 0 spiro atoms. The van der Waals surface area contributed by atoms with Crippen LogP contribution in [0.3, 0.4) is 0 Å². The summed E-state index contributed by atoms with van der Waals surface area (Å²) in [5.41, 5.74) is 4.22. The maximum atomic E-state index is 12.2. The number of nitrogens with zero attached hydrogens (tertiary/aromatic N) is 3. The van der Waals surface area contributed by atoms with Crippen molar-refractivity contribution < 1.29 is 14.9 Å². The molecular formula is C28H33N3O3. The predicted octanol–water partition coefficient (Wildman–Crippen LogP) is 5.03. The van der Waals surface area contributed by atoms with Crippen molar-refractivity contribution in [2.75, 3.05) is 7.11 Å². The van der Waals surface area contributed by atoms with E-state index in [4.69, 9.17) is 4.74 Å². The van der Waals surface area contributed by atoms with Gasteiger partial charge in [-0.3, -0.25) is 0 Å². The molecule has 0 aliphatic heterocycles. The van der Waals surface area contributed by atoms with Gasteiger partial charge in [0.15, 0.2) is 11.5 Å². The minimum Gasteiger partial charge on any atom is -0.504 e. The highest BCUT2D eigenvalue weighted by molar-refractivity contribution is 5.49. The fraction of sp³-hybridized carbons (Fsp3) is 0.500. The Balaban J connectivity index is 1.32. The van der Waals surface area contributed by atoms with E-state index < -0.39 is 5.60 Å². The average Bonchev–Trinajstić information content (AvgIpc) is 3.43. The average molecular weight is 460 g/mol. The summed E-state index contributed by atoms with van der Waals surface area (Å²) in [6.07, 6.45) is 7.65. The number of hydrogen-bond acceptors (Lipinski definition) is 5. The Bertz CT molecular complexity index is 1240. The van der Waals surface area contributed by atoms with E-state index in [-0.39, 0.29) is 11.2 Å². The van der Waals surface area contributed by atoms with Crippen LogP contribution in [0.2, 0.25) is 0 Å². The van der Waals surface area contributed by atoms with Gasteiger partial charge in [-0.15, -0.1) is 5.10 Å². The second-order valence-corrected chi connectivity index (χ2v) is 10.9. The quantitative estimate of drug-likeness (QED) is 0.574. The molecule has 178 valence electrons. The first-order chi connectivity index (χ1) is 16.3. The first-order valence-corrected chi connectivity index (χ1v) is 12.5. The Morgan fingerprint density at radius 1 is 1.09 bits per heavy atom. The molecule has 1 aromatic heterocycles. The lowest BCUT2D eigenvalue weighted by molar-refractivity contribution is -0.111. The number of methoxy groups -OCH3 is 1. The van der Waals surface area contributed by atoms with Crippen molar-refractivity contribution in [3.05, 3.63) is 65.0 Å². The molecule has 5 atom stereocenters. The van der Waals surface area contributed by atoms with Crippen LogP contribution in [0.4, 0.5) is 0 Å². The van der Waals surface area contributed by atoms with Gasteiger partial charge < -0.3 is 14.9 Å². The third kappa shape index (κ3) is 2.97. The summed E-state index contributed by atoms with van der Waals surface area (Å²) < 4.78 is 7.21. The Labute approximate surface area is 200 Å². The van der Waals surface area contributed by atoms with Crippen LogP contribution >= 0.6 is 0 Å². The van der Waals surface area contributed by atoms with Crippen molar-refractivity contribution in [1.29, 1.82) is 0 Å². The highest BCUT2D eigenvalue weighted by Gasteiger charge is 2.63. The van der Waals surface area contributed by atoms with Gasteiger partial charge in [0.05, 0.1) is 19.0 Å². The van der Waals surface area contributed by atoms with E-state index in [0.717, 1.165) is 44.2 Å². The minimum atomic E-state index is -0.974. The summed E-state index contributed by atoms with van der Waals surface area (Å²) in [6, 6.07) is 12.1. The van der Waals surface area contributed by atoms with Crippen LogP contribution in [0.1, 0.15) is 67.3 Å². The number of phenolic OH excluding ortho intramolecular Hbond substituents is 1. The molecule has 2 saturated carbocycles. The van der Waals surface area contributed by atoms with E-state index >= 15 is 0 Å². The normalized spacial score (nSPS) is 32.1. The summed E-state index contributed by atoms with van der Waals surface area (Å²) in [5.74, 6) is 2.17. The van der Waals surface area contributed by atoms with Gasteiger partial charge in [0.2, 0.25) is 0 Å². The molecule has 3 aromatic rings. The van der Waals surface area contributed by atoms with E-state index in [1.807, 2.05) is 24.4 Å². The van der Waals surface area contributed by atoms with Crippen molar-refractivity contribution in [3.63, 3.8) is 0 Å². The van der Waals surface area contributed by atoms with E-state index in [1.165, 1.54) is 16.7 Å². The van der Waals surface area contributed by atoms with Gasteiger partial charge in [-0.2, -0.15) is 0 Å². The zero-order chi connectivity index (χ0) is 23.7. The van der Waals surface area contributed by atoms with E-state index in [0.29, 0.717) is 29.2 Å². The maximum Gasteiger partial charge on any atom is 0.160 e. The lowest BCUT2D eigenvalue weighted by atomic mass is 9.53. The summed E-state index contributed by atoms with van der Waals surface area (Å²) in [6.45, 7) is 4.34. The van der Waals surface area contributed by atoms with Crippen LogP contribution in [0, 0.1) is 24.2 Å². The van der Waals surface area contributed by atoms with Crippen LogP contribution in [0.25, 0.3) is 5.69 Å². The monoisotopic (exact) mass is 459 g/mol. The second kappa shape index (κ2) is 7.57. The predicted molar refractivity (Wildman–Crippen MR) is 129 cm³/mol. The molecule has 1 heterocycles. The Morgan fingerprint density at radius 2 is 1.88 bits per heavy atom. The highest BCUT2D eigenvalue weighted by atomic mass is 16.5. The molecule has 2 N–H and O–H groups in total. The van der Waals surface area contributed by atoms with Gasteiger partial charge in [-0.05, 0) is 98.6 Å². The van der Waals surface area contributed by atoms with Crippen molar-refractivity contribution >= 4 is 0 Å². The number of phenols is 1. The topological polar surface area (TPSA) is 80.4 Å². The van der Waals surface area contributed by atoms with E-state index in [1.54, 1.807) is 11.8 Å². The molecule has 6 rings (SSSR count). The number of rotatable bonds is 3. The molecule has 0 unspecified atom stereocenters. The first-order valence-electron chi connectivity index (χ1n) is 12.5.